The lowest BCUT2D eigenvalue weighted by Gasteiger charge is -2.09. The average Bonchev–Trinajstić information content (AvgIpc) is 2.89. The van der Waals surface area contributed by atoms with Crippen molar-refractivity contribution in [2.45, 2.75) is 38.5 Å². The van der Waals surface area contributed by atoms with E-state index in [1.807, 2.05) is 17.9 Å². The van der Waals surface area contributed by atoms with Gasteiger partial charge in [-0.1, -0.05) is 25.7 Å². The molecule has 0 radical (unpaired) electrons. The highest BCUT2D eigenvalue weighted by molar-refractivity contribution is 5.03. The van der Waals surface area contributed by atoms with E-state index in [0.29, 0.717) is 0 Å². The predicted octanol–water partition coefficient (Wildman–Crippen LogP) is 2.13. The fourth-order valence-electron chi connectivity index (χ4n) is 2.56. The molecule has 1 saturated carbocycles. The molecule has 1 heterocycles. The fourth-order valence-corrected chi connectivity index (χ4v) is 2.56. The van der Waals surface area contributed by atoms with Gasteiger partial charge in [-0.05, 0) is 37.4 Å². The van der Waals surface area contributed by atoms with Gasteiger partial charge in [-0.3, -0.25) is 4.68 Å². The molecular formula is C13H23N3. The molecule has 1 N–H and O–H groups in total. The molecule has 0 amide bonds. The molecule has 16 heavy (non-hydrogen) atoms. The number of aryl methyl sites for hydroxylation is 1. The average molecular weight is 221 g/mol. The summed E-state index contributed by atoms with van der Waals surface area (Å²) in [4.78, 5) is 0. The summed E-state index contributed by atoms with van der Waals surface area (Å²) in [5.41, 5.74) is 1.33. The molecule has 0 bridgehead atoms. The number of rotatable bonds is 6. The zero-order chi connectivity index (χ0) is 11.2. The van der Waals surface area contributed by atoms with E-state index in [-0.39, 0.29) is 0 Å². The fraction of sp³-hybridized carbons (Fsp3) is 0.769. The zero-order valence-electron chi connectivity index (χ0n) is 10.3. The van der Waals surface area contributed by atoms with Gasteiger partial charge < -0.3 is 5.32 Å². The summed E-state index contributed by atoms with van der Waals surface area (Å²) in [7, 11) is 1.97. The molecule has 1 fully saturated rings. The summed E-state index contributed by atoms with van der Waals surface area (Å²) >= 11 is 0. The maximum atomic E-state index is 4.17. The number of nitrogens with zero attached hydrogens (tertiary/aromatic N) is 2. The second kappa shape index (κ2) is 6.04. The lowest BCUT2D eigenvalue weighted by Crippen LogP contribution is -2.20. The molecule has 1 aromatic rings. The van der Waals surface area contributed by atoms with E-state index in [1.54, 1.807) is 0 Å². The summed E-state index contributed by atoms with van der Waals surface area (Å²) in [6, 6.07) is 0. The van der Waals surface area contributed by atoms with Crippen LogP contribution in [0.4, 0.5) is 0 Å². The first-order valence-electron chi connectivity index (χ1n) is 6.53. The lowest BCUT2D eigenvalue weighted by atomic mass is 10.0. The Morgan fingerprint density at radius 3 is 2.88 bits per heavy atom. The van der Waals surface area contributed by atoms with Crippen molar-refractivity contribution in [1.29, 1.82) is 0 Å². The Labute approximate surface area is 98.2 Å². The molecule has 90 valence electrons. The highest BCUT2D eigenvalue weighted by Crippen LogP contribution is 2.26. The third-order valence-electron chi connectivity index (χ3n) is 3.55. The Morgan fingerprint density at radius 1 is 1.38 bits per heavy atom. The van der Waals surface area contributed by atoms with Crippen LogP contribution < -0.4 is 5.32 Å². The van der Waals surface area contributed by atoms with Crippen LogP contribution in [-0.4, -0.2) is 22.9 Å². The van der Waals surface area contributed by atoms with Gasteiger partial charge in [-0.15, -0.1) is 0 Å². The Balaban J connectivity index is 1.51. The first kappa shape index (κ1) is 11.6. The molecule has 1 aliphatic carbocycles. The van der Waals surface area contributed by atoms with Crippen LogP contribution in [-0.2, 0) is 13.5 Å². The standard InChI is InChI=1S/C13H23N3/c1-16-11-13(10-15-16)7-9-14-8-6-12-4-2-3-5-12/h10-12,14H,2-9H2,1H3. The largest absolute Gasteiger partial charge is 0.316 e. The quantitative estimate of drug-likeness (QED) is 0.746. The van der Waals surface area contributed by atoms with Crippen molar-refractivity contribution >= 4 is 0 Å². The molecule has 0 spiro atoms. The van der Waals surface area contributed by atoms with E-state index in [1.165, 1.54) is 44.2 Å². The first-order chi connectivity index (χ1) is 7.84. The molecule has 0 aliphatic heterocycles. The van der Waals surface area contributed by atoms with Crippen LogP contribution in [0.2, 0.25) is 0 Å². The van der Waals surface area contributed by atoms with Gasteiger partial charge in [0.25, 0.3) is 0 Å². The molecule has 1 aliphatic rings. The minimum Gasteiger partial charge on any atom is -0.316 e. The normalized spacial score (nSPS) is 17.1. The van der Waals surface area contributed by atoms with Gasteiger partial charge in [0.05, 0.1) is 6.20 Å². The van der Waals surface area contributed by atoms with E-state index >= 15 is 0 Å². The van der Waals surface area contributed by atoms with Gasteiger partial charge in [-0.25, -0.2) is 0 Å². The van der Waals surface area contributed by atoms with Crippen LogP contribution in [0.3, 0.4) is 0 Å². The SMILES string of the molecule is Cn1cc(CCNCCC2CCCC2)cn1. The molecule has 2 rings (SSSR count). The highest BCUT2D eigenvalue weighted by atomic mass is 15.2. The van der Waals surface area contributed by atoms with Gasteiger partial charge in [-0.2, -0.15) is 5.10 Å². The summed E-state index contributed by atoms with van der Waals surface area (Å²) in [6.07, 6.45) is 12.4. The minimum absolute atomic E-state index is 1.01. The number of hydrogen-bond acceptors (Lipinski definition) is 2. The highest BCUT2D eigenvalue weighted by Gasteiger charge is 2.13. The third-order valence-corrected chi connectivity index (χ3v) is 3.55. The van der Waals surface area contributed by atoms with E-state index < -0.39 is 0 Å². The number of aromatic nitrogens is 2. The second-order valence-electron chi connectivity index (χ2n) is 4.96. The van der Waals surface area contributed by atoms with Crippen molar-refractivity contribution in [2.24, 2.45) is 13.0 Å². The first-order valence-corrected chi connectivity index (χ1v) is 6.53. The van der Waals surface area contributed by atoms with E-state index in [9.17, 15) is 0 Å². The van der Waals surface area contributed by atoms with Crippen LogP contribution in [0.5, 0.6) is 0 Å². The molecule has 0 atom stereocenters. The summed E-state index contributed by atoms with van der Waals surface area (Å²) in [5, 5.41) is 7.70. The van der Waals surface area contributed by atoms with Crippen LogP contribution in [0.15, 0.2) is 12.4 Å². The Bertz CT molecular complexity index is 300. The van der Waals surface area contributed by atoms with Crippen molar-refractivity contribution in [3.8, 4) is 0 Å². The topological polar surface area (TPSA) is 29.9 Å². The van der Waals surface area contributed by atoms with Crippen LogP contribution >= 0.6 is 0 Å². The summed E-state index contributed by atoms with van der Waals surface area (Å²) < 4.78 is 1.87. The molecular weight excluding hydrogens is 198 g/mol. The molecule has 3 heteroatoms. The van der Waals surface area contributed by atoms with Crippen LogP contribution in [0.1, 0.15) is 37.7 Å². The van der Waals surface area contributed by atoms with E-state index in [2.05, 4.69) is 16.6 Å². The van der Waals surface area contributed by atoms with E-state index in [0.717, 1.165) is 18.9 Å². The second-order valence-corrected chi connectivity index (χ2v) is 4.96. The smallest absolute Gasteiger partial charge is 0.0522 e. The van der Waals surface area contributed by atoms with Gasteiger partial charge in [0, 0.05) is 13.2 Å². The maximum absolute atomic E-state index is 4.17. The third kappa shape index (κ3) is 3.63. The molecule has 3 nitrogen and oxygen atoms in total. The maximum Gasteiger partial charge on any atom is 0.0522 e. The van der Waals surface area contributed by atoms with Gasteiger partial charge in [0.2, 0.25) is 0 Å². The van der Waals surface area contributed by atoms with Crippen LogP contribution in [0.25, 0.3) is 0 Å². The van der Waals surface area contributed by atoms with Gasteiger partial charge >= 0.3 is 0 Å². The predicted molar refractivity (Wildman–Crippen MR) is 66.4 cm³/mol. The number of hydrogen-bond donors (Lipinski definition) is 1. The monoisotopic (exact) mass is 221 g/mol. The Morgan fingerprint density at radius 2 is 2.19 bits per heavy atom. The van der Waals surface area contributed by atoms with Crippen LogP contribution in [0, 0.1) is 5.92 Å². The van der Waals surface area contributed by atoms with Crippen molar-refractivity contribution in [2.75, 3.05) is 13.1 Å². The summed E-state index contributed by atoms with van der Waals surface area (Å²) in [6.45, 7) is 2.27. The lowest BCUT2D eigenvalue weighted by molar-refractivity contribution is 0.479. The minimum atomic E-state index is 1.01. The summed E-state index contributed by atoms with van der Waals surface area (Å²) in [5.74, 6) is 1.01. The van der Waals surface area contributed by atoms with Gasteiger partial charge in [0.1, 0.15) is 0 Å². The Hall–Kier alpha value is -0.830. The molecule has 0 unspecified atom stereocenters. The van der Waals surface area contributed by atoms with Crippen molar-refractivity contribution in [1.82, 2.24) is 15.1 Å². The zero-order valence-corrected chi connectivity index (χ0v) is 10.3. The van der Waals surface area contributed by atoms with Crippen molar-refractivity contribution < 1.29 is 0 Å². The van der Waals surface area contributed by atoms with Crippen molar-refractivity contribution in [3.05, 3.63) is 18.0 Å². The number of nitrogens with one attached hydrogen (secondary N) is 1. The van der Waals surface area contributed by atoms with E-state index in [4.69, 9.17) is 0 Å². The van der Waals surface area contributed by atoms with Crippen molar-refractivity contribution in [3.63, 3.8) is 0 Å². The molecule has 1 aromatic heterocycles. The molecule has 0 aromatic carbocycles. The Kier molecular flexibility index (Phi) is 4.40. The molecule has 0 saturated heterocycles. The van der Waals surface area contributed by atoms with Gasteiger partial charge in [0.15, 0.2) is 0 Å².